The van der Waals surface area contributed by atoms with Crippen molar-refractivity contribution in [1.82, 2.24) is 9.97 Å². The summed E-state index contributed by atoms with van der Waals surface area (Å²) >= 11 is 1.62. The number of aromatic nitrogens is 2. The molecule has 0 saturated heterocycles. The number of fused-ring (bicyclic) bond motifs is 1. The van der Waals surface area contributed by atoms with Crippen LogP contribution in [0, 0.1) is 0 Å². The maximum Gasteiger partial charge on any atom is 0.141 e. The molecule has 0 amide bonds. The number of aliphatic hydroxyl groups excluding tert-OH is 2. The lowest BCUT2D eigenvalue weighted by molar-refractivity contribution is 0.189. The van der Waals surface area contributed by atoms with Crippen LogP contribution >= 0.6 is 11.3 Å². The van der Waals surface area contributed by atoms with Crippen molar-refractivity contribution >= 4 is 27.4 Å². The van der Waals surface area contributed by atoms with Gasteiger partial charge in [-0.15, -0.1) is 11.3 Å². The van der Waals surface area contributed by atoms with Gasteiger partial charge in [0.25, 0.3) is 0 Å². The van der Waals surface area contributed by atoms with Crippen LogP contribution in [-0.2, 0) is 0 Å². The number of rotatable bonds is 6. The van der Waals surface area contributed by atoms with Crippen LogP contribution in [0.15, 0.2) is 42.7 Å². The van der Waals surface area contributed by atoms with Crippen LogP contribution < -0.4 is 4.90 Å². The minimum absolute atomic E-state index is 0.00606. The third-order valence-electron chi connectivity index (χ3n) is 3.90. The summed E-state index contributed by atoms with van der Waals surface area (Å²) in [4.78, 5) is 12.8. The molecule has 3 rings (SSSR count). The van der Waals surface area contributed by atoms with Crippen molar-refractivity contribution < 1.29 is 10.2 Å². The van der Waals surface area contributed by atoms with Crippen LogP contribution in [0.1, 0.15) is 13.8 Å². The van der Waals surface area contributed by atoms with Crippen molar-refractivity contribution in [2.45, 2.75) is 26.0 Å². The van der Waals surface area contributed by atoms with E-state index in [0.29, 0.717) is 6.54 Å². The van der Waals surface area contributed by atoms with E-state index in [0.717, 1.165) is 26.5 Å². The number of hydrogen-bond donors (Lipinski definition) is 2. The van der Waals surface area contributed by atoms with Gasteiger partial charge in [0, 0.05) is 11.4 Å². The summed E-state index contributed by atoms with van der Waals surface area (Å²) < 4.78 is 0. The average molecular weight is 343 g/mol. The summed E-state index contributed by atoms with van der Waals surface area (Å²) in [7, 11) is 0. The molecule has 0 fully saturated rings. The first-order valence-electron chi connectivity index (χ1n) is 7.95. The van der Waals surface area contributed by atoms with Crippen molar-refractivity contribution in [3.63, 3.8) is 0 Å². The van der Waals surface area contributed by atoms with Crippen molar-refractivity contribution in [3.8, 4) is 10.4 Å². The Hall–Kier alpha value is -2.02. The molecule has 6 heteroatoms. The maximum absolute atomic E-state index is 9.82. The van der Waals surface area contributed by atoms with E-state index in [1.165, 1.54) is 0 Å². The van der Waals surface area contributed by atoms with Gasteiger partial charge in [-0.3, -0.25) is 0 Å². The zero-order chi connectivity index (χ0) is 17.1. The minimum Gasteiger partial charge on any atom is -0.394 e. The quantitative estimate of drug-likeness (QED) is 0.720. The zero-order valence-electron chi connectivity index (χ0n) is 13.8. The van der Waals surface area contributed by atoms with Crippen LogP contribution in [-0.4, -0.2) is 45.5 Å². The van der Waals surface area contributed by atoms with E-state index in [4.69, 9.17) is 0 Å². The summed E-state index contributed by atoms with van der Waals surface area (Å²) in [6.07, 6.45) is 1.03. The predicted octanol–water partition coefficient (Wildman–Crippen LogP) is 2.93. The Morgan fingerprint density at radius 2 is 1.92 bits per heavy atom. The smallest absolute Gasteiger partial charge is 0.141 e. The van der Waals surface area contributed by atoms with Crippen LogP contribution in [0.3, 0.4) is 0 Å². The molecule has 0 aliphatic heterocycles. The number of anilines is 1. The van der Waals surface area contributed by atoms with E-state index in [2.05, 4.69) is 28.2 Å². The highest BCUT2D eigenvalue weighted by Crippen LogP contribution is 2.36. The van der Waals surface area contributed by atoms with Gasteiger partial charge in [-0.05, 0) is 25.5 Å². The topological polar surface area (TPSA) is 69.5 Å². The molecule has 0 radical (unpaired) electrons. The molecule has 3 aromatic rings. The van der Waals surface area contributed by atoms with Crippen LogP contribution in [0.5, 0.6) is 0 Å². The Kier molecular flexibility index (Phi) is 5.08. The molecule has 2 heterocycles. The highest BCUT2D eigenvalue weighted by molar-refractivity contribution is 7.21. The summed E-state index contributed by atoms with van der Waals surface area (Å²) in [5.41, 5.74) is 1.14. The van der Waals surface area contributed by atoms with Crippen molar-refractivity contribution in [1.29, 1.82) is 0 Å². The molecule has 2 N–H and O–H groups in total. The number of nitrogens with zero attached hydrogens (tertiary/aromatic N) is 3. The first-order valence-corrected chi connectivity index (χ1v) is 8.77. The molecular formula is C18H21N3O2S. The fourth-order valence-electron chi connectivity index (χ4n) is 2.67. The summed E-state index contributed by atoms with van der Waals surface area (Å²) in [6, 6.07) is 12.1. The van der Waals surface area contributed by atoms with Crippen molar-refractivity contribution in [3.05, 3.63) is 42.7 Å². The Morgan fingerprint density at radius 1 is 1.17 bits per heavy atom. The van der Waals surface area contributed by atoms with Crippen molar-refractivity contribution in [2.75, 3.05) is 18.1 Å². The second-order valence-electron chi connectivity index (χ2n) is 5.93. The van der Waals surface area contributed by atoms with E-state index in [9.17, 15) is 10.2 Å². The van der Waals surface area contributed by atoms with Gasteiger partial charge >= 0.3 is 0 Å². The normalized spacial score (nSPS) is 13.8. The number of hydrogen-bond acceptors (Lipinski definition) is 6. The number of benzene rings is 1. The third-order valence-corrected chi connectivity index (χ3v) is 4.99. The van der Waals surface area contributed by atoms with Crippen LogP contribution in [0.4, 0.5) is 5.82 Å². The standard InChI is InChI=1S/C18H21N3O2S/c1-12(10-22)21(9-13(2)23)17-15-8-16(14-6-4-3-5-7-14)24-18(15)20-11-19-17/h3-8,11-13,22-23H,9-10H2,1-2H3. The fourth-order valence-corrected chi connectivity index (χ4v) is 3.67. The lowest BCUT2D eigenvalue weighted by Gasteiger charge is -2.30. The summed E-state index contributed by atoms with van der Waals surface area (Å²) in [5, 5.41) is 20.3. The Balaban J connectivity index is 2.09. The molecule has 0 spiro atoms. The third kappa shape index (κ3) is 3.40. The summed E-state index contributed by atoms with van der Waals surface area (Å²) in [5.74, 6) is 0.751. The van der Waals surface area contributed by atoms with Gasteiger partial charge in [0.2, 0.25) is 0 Å². The second-order valence-corrected chi connectivity index (χ2v) is 6.96. The largest absolute Gasteiger partial charge is 0.394 e. The van der Waals surface area contributed by atoms with E-state index < -0.39 is 6.10 Å². The van der Waals surface area contributed by atoms with Gasteiger partial charge in [-0.1, -0.05) is 30.3 Å². The van der Waals surface area contributed by atoms with E-state index in [-0.39, 0.29) is 12.6 Å². The number of thiophene rings is 1. The van der Waals surface area contributed by atoms with Crippen LogP contribution in [0.25, 0.3) is 20.7 Å². The van der Waals surface area contributed by atoms with Crippen LogP contribution in [0.2, 0.25) is 0 Å². The molecule has 126 valence electrons. The van der Waals surface area contributed by atoms with Gasteiger partial charge in [0.15, 0.2) is 0 Å². The molecule has 2 atom stereocenters. The van der Waals surface area contributed by atoms with Crippen molar-refractivity contribution in [2.24, 2.45) is 0 Å². The monoisotopic (exact) mass is 343 g/mol. The minimum atomic E-state index is -0.517. The number of aliphatic hydroxyl groups is 2. The first-order chi connectivity index (χ1) is 11.6. The molecule has 0 bridgehead atoms. The molecule has 2 unspecified atom stereocenters. The maximum atomic E-state index is 9.82. The summed E-state index contributed by atoms with van der Waals surface area (Å²) in [6.45, 7) is 4.05. The molecule has 24 heavy (non-hydrogen) atoms. The molecule has 5 nitrogen and oxygen atoms in total. The van der Waals surface area contributed by atoms with Gasteiger partial charge in [0.1, 0.15) is 17.0 Å². The Bertz CT molecular complexity index is 804. The molecule has 1 aromatic carbocycles. The van der Waals surface area contributed by atoms with E-state index in [1.54, 1.807) is 24.6 Å². The highest BCUT2D eigenvalue weighted by Gasteiger charge is 2.21. The van der Waals surface area contributed by atoms with Gasteiger partial charge in [-0.2, -0.15) is 0 Å². The fraction of sp³-hybridized carbons (Fsp3) is 0.333. The first kappa shape index (κ1) is 16.8. The predicted molar refractivity (Wildman–Crippen MR) is 98.4 cm³/mol. The second kappa shape index (κ2) is 7.25. The van der Waals surface area contributed by atoms with Gasteiger partial charge in [0.05, 0.1) is 24.1 Å². The SMILES string of the molecule is CC(O)CN(c1ncnc2sc(-c3ccccc3)cc12)C(C)CO. The molecule has 2 aromatic heterocycles. The molecule has 0 aliphatic rings. The molecule has 0 aliphatic carbocycles. The van der Waals surface area contributed by atoms with Gasteiger partial charge < -0.3 is 15.1 Å². The average Bonchev–Trinajstić information content (AvgIpc) is 3.04. The lowest BCUT2D eigenvalue weighted by Crippen LogP contribution is -2.41. The molecule has 0 saturated carbocycles. The van der Waals surface area contributed by atoms with Gasteiger partial charge in [-0.25, -0.2) is 9.97 Å². The lowest BCUT2D eigenvalue weighted by atomic mass is 10.1. The molecular weight excluding hydrogens is 322 g/mol. The Morgan fingerprint density at radius 3 is 2.58 bits per heavy atom. The highest BCUT2D eigenvalue weighted by atomic mass is 32.1. The Labute approximate surface area is 145 Å². The van der Waals surface area contributed by atoms with E-state index in [1.807, 2.05) is 30.0 Å². The van der Waals surface area contributed by atoms with E-state index >= 15 is 0 Å². The zero-order valence-corrected chi connectivity index (χ0v) is 14.6.